The molecule has 1 aromatic carbocycles. The largest absolute Gasteiger partial charge is 0.508 e. The Hall–Kier alpha value is -2.54. The number of Topliss-reactive ketones (excluding diaryl/α,β-unsaturated/α-hetero) is 1. The second-order valence-corrected chi connectivity index (χ2v) is 8.54. The molecule has 2 atom stereocenters. The van der Waals surface area contributed by atoms with Crippen LogP contribution in [-0.4, -0.2) is 27.1 Å². The first-order valence-corrected chi connectivity index (χ1v) is 10.0. The van der Waals surface area contributed by atoms with Gasteiger partial charge in [-0.25, -0.2) is 4.98 Å². The van der Waals surface area contributed by atoms with E-state index in [1.807, 2.05) is 26.2 Å². The van der Waals surface area contributed by atoms with Crippen molar-refractivity contribution in [3.8, 4) is 5.75 Å². The van der Waals surface area contributed by atoms with Gasteiger partial charge in [-0.15, -0.1) is 0 Å². The van der Waals surface area contributed by atoms with E-state index in [0.29, 0.717) is 23.0 Å². The highest BCUT2D eigenvalue weighted by Crippen LogP contribution is 2.48. The lowest BCUT2D eigenvalue weighted by Crippen LogP contribution is -2.41. The molecule has 0 amide bonds. The van der Waals surface area contributed by atoms with Crippen molar-refractivity contribution < 1.29 is 9.90 Å². The number of ketones is 1. The highest BCUT2D eigenvalue weighted by molar-refractivity contribution is 7.98. The maximum Gasteiger partial charge on any atom is 0.257 e. The van der Waals surface area contributed by atoms with Crippen molar-refractivity contribution >= 4 is 23.4 Å². The van der Waals surface area contributed by atoms with Gasteiger partial charge in [-0.2, -0.15) is 0 Å². The summed E-state index contributed by atoms with van der Waals surface area (Å²) >= 11 is 1.35. The summed E-state index contributed by atoms with van der Waals surface area (Å²) in [5.41, 5.74) is 1.42. The number of rotatable bonds is 2. The molecule has 3 N–H and O–H groups in total. The lowest BCUT2D eigenvalue weighted by atomic mass is 9.67. The number of nitrogens with zero attached hydrogens (tertiary/aromatic N) is 1. The molecule has 2 aromatic rings. The van der Waals surface area contributed by atoms with E-state index in [0.717, 1.165) is 11.3 Å². The normalized spacial score (nSPS) is 23.1. The Bertz CT molecular complexity index is 1030. The molecule has 140 valence electrons. The molecule has 0 unspecified atom stereocenters. The lowest BCUT2D eigenvalue weighted by Gasteiger charge is -2.40. The third kappa shape index (κ3) is 3.06. The molecule has 1 aromatic heterocycles. The Labute approximate surface area is 161 Å². The molecule has 2 heterocycles. The van der Waals surface area contributed by atoms with Gasteiger partial charge in [0.05, 0.1) is 11.5 Å². The number of aromatic amines is 1. The van der Waals surface area contributed by atoms with Crippen LogP contribution in [0.3, 0.4) is 0 Å². The van der Waals surface area contributed by atoms with Crippen molar-refractivity contribution in [2.24, 2.45) is 11.3 Å². The summed E-state index contributed by atoms with van der Waals surface area (Å²) < 4.78 is 0. The number of thioether (sulfide) groups is 1. The maximum absolute atomic E-state index is 13.1. The number of H-pyrrole nitrogens is 1. The van der Waals surface area contributed by atoms with Gasteiger partial charge in [-0.1, -0.05) is 43.8 Å². The number of carbonyl (C=O) groups is 1. The molecule has 2 aliphatic rings. The van der Waals surface area contributed by atoms with E-state index in [1.54, 1.807) is 18.2 Å². The number of anilines is 1. The highest BCUT2D eigenvalue weighted by atomic mass is 32.2. The summed E-state index contributed by atoms with van der Waals surface area (Å²) in [4.78, 5) is 33.3. The second-order valence-electron chi connectivity index (χ2n) is 7.74. The first-order chi connectivity index (χ1) is 12.8. The van der Waals surface area contributed by atoms with Gasteiger partial charge in [0.15, 0.2) is 5.16 Å². The molecule has 1 aliphatic carbocycles. The average Bonchev–Trinajstić information content (AvgIpc) is 2.58. The maximum atomic E-state index is 13.1. The Morgan fingerprint density at radius 1 is 1.26 bits per heavy atom. The molecule has 0 spiro atoms. The minimum absolute atomic E-state index is 0.0809. The number of nitrogens with one attached hydrogen (secondary N) is 2. The summed E-state index contributed by atoms with van der Waals surface area (Å²) in [5.74, 6) is -0.320. The van der Waals surface area contributed by atoms with E-state index in [2.05, 4.69) is 21.4 Å². The summed E-state index contributed by atoms with van der Waals surface area (Å²) in [6.45, 7) is 4.04. The van der Waals surface area contributed by atoms with Gasteiger partial charge in [-0.05, 0) is 29.4 Å². The summed E-state index contributed by atoms with van der Waals surface area (Å²) in [5, 5.41) is 13.7. The number of allylic oxidation sites excluding steroid dienone is 2. The van der Waals surface area contributed by atoms with Crippen molar-refractivity contribution in [2.45, 2.75) is 31.3 Å². The topological polar surface area (TPSA) is 95.1 Å². The number of benzene rings is 1. The Kier molecular flexibility index (Phi) is 4.14. The zero-order chi connectivity index (χ0) is 19.3. The molecule has 6 nitrogen and oxygen atoms in total. The SMILES string of the molecule is CSc1nc2c(c(=O)[nH]1)[C@H](c1cccc(O)c1)[C@H]1C(=O)CC(C)(C)C=C1N2. The number of hydrogen-bond donors (Lipinski definition) is 3. The van der Waals surface area contributed by atoms with Crippen LogP contribution in [-0.2, 0) is 4.79 Å². The van der Waals surface area contributed by atoms with E-state index in [-0.39, 0.29) is 22.5 Å². The van der Waals surface area contributed by atoms with Crippen molar-refractivity contribution in [2.75, 3.05) is 11.6 Å². The molecule has 0 bridgehead atoms. The van der Waals surface area contributed by atoms with Crippen LogP contribution in [0.4, 0.5) is 5.82 Å². The minimum Gasteiger partial charge on any atom is -0.508 e. The number of fused-ring (bicyclic) bond motifs is 2. The van der Waals surface area contributed by atoms with E-state index in [4.69, 9.17) is 0 Å². The number of aromatic nitrogens is 2. The van der Waals surface area contributed by atoms with Gasteiger partial charge in [-0.3, -0.25) is 9.59 Å². The first kappa shape index (κ1) is 17.9. The Balaban J connectivity index is 2.00. The highest BCUT2D eigenvalue weighted by Gasteiger charge is 2.45. The zero-order valence-electron chi connectivity index (χ0n) is 15.4. The summed E-state index contributed by atoms with van der Waals surface area (Å²) in [6, 6.07) is 6.76. The standard InChI is InChI=1S/C20H21N3O3S/c1-20(2)8-12-15(13(25)9-20)14(10-5-4-6-11(24)7-10)16-17(21-12)22-19(27-3)23-18(16)26/h4-8,14-15,24H,9H2,1-3H3,(H2,21,22,23,26)/t14-,15-/m1/s1. The van der Waals surface area contributed by atoms with Crippen molar-refractivity contribution in [3.05, 3.63) is 57.5 Å². The van der Waals surface area contributed by atoms with Gasteiger partial charge in [0.1, 0.15) is 17.4 Å². The van der Waals surface area contributed by atoms with Gasteiger partial charge in [0.25, 0.3) is 5.56 Å². The molecule has 0 saturated heterocycles. The molecule has 0 fully saturated rings. The lowest BCUT2D eigenvalue weighted by molar-refractivity contribution is -0.124. The number of phenols is 1. The van der Waals surface area contributed by atoms with Crippen LogP contribution < -0.4 is 10.9 Å². The smallest absolute Gasteiger partial charge is 0.257 e. The third-order valence-electron chi connectivity index (χ3n) is 5.12. The summed E-state index contributed by atoms with van der Waals surface area (Å²) in [7, 11) is 0. The fraction of sp³-hybridized carbons (Fsp3) is 0.350. The molecule has 1 aliphatic heterocycles. The summed E-state index contributed by atoms with van der Waals surface area (Å²) in [6.07, 6.45) is 4.32. The molecular formula is C20H21N3O3S. The fourth-order valence-electron chi connectivity index (χ4n) is 4.10. The monoisotopic (exact) mass is 383 g/mol. The van der Waals surface area contributed by atoms with Gasteiger partial charge in [0, 0.05) is 18.0 Å². The van der Waals surface area contributed by atoms with Crippen molar-refractivity contribution in [1.29, 1.82) is 0 Å². The van der Waals surface area contributed by atoms with Crippen LogP contribution in [0.1, 0.15) is 37.3 Å². The van der Waals surface area contributed by atoms with Crippen LogP contribution in [0, 0.1) is 11.3 Å². The van der Waals surface area contributed by atoms with Gasteiger partial charge >= 0.3 is 0 Å². The number of aromatic hydroxyl groups is 1. The van der Waals surface area contributed by atoms with Crippen molar-refractivity contribution in [1.82, 2.24) is 9.97 Å². The Morgan fingerprint density at radius 2 is 2.04 bits per heavy atom. The van der Waals surface area contributed by atoms with E-state index < -0.39 is 11.8 Å². The third-order valence-corrected chi connectivity index (χ3v) is 5.70. The van der Waals surface area contributed by atoms with Crippen molar-refractivity contribution in [3.63, 3.8) is 0 Å². The van der Waals surface area contributed by atoms with Gasteiger partial charge in [0.2, 0.25) is 0 Å². The first-order valence-electron chi connectivity index (χ1n) is 8.79. The molecule has 7 heteroatoms. The Morgan fingerprint density at radius 3 is 2.74 bits per heavy atom. The number of hydrogen-bond acceptors (Lipinski definition) is 6. The van der Waals surface area contributed by atoms with Crippen LogP contribution in [0.2, 0.25) is 0 Å². The zero-order valence-corrected chi connectivity index (χ0v) is 16.2. The minimum atomic E-state index is -0.490. The predicted molar refractivity (Wildman–Crippen MR) is 105 cm³/mol. The molecule has 0 radical (unpaired) electrons. The molecule has 27 heavy (non-hydrogen) atoms. The number of phenolic OH excluding ortho intramolecular Hbond substituents is 1. The molecule has 0 saturated carbocycles. The van der Waals surface area contributed by atoms with Crippen LogP contribution in [0.25, 0.3) is 0 Å². The van der Waals surface area contributed by atoms with Crippen LogP contribution >= 0.6 is 11.8 Å². The molecular weight excluding hydrogens is 362 g/mol. The van der Waals surface area contributed by atoms with E-state index in [9.17, 15) is 14.7 Å². The quantitative estimate of drug-likeness (QED) is 0.544. The average molecular weight is 383 g/mol. The van der Waals surface area contributed by atoms with Gasteiger partial charge < -0.3 is 15.4 Å². The van der Waals surface area contributed by atoms with E-state index >= 15 is 0 Å². The fourth-order valence-corrected chi connectivity index (χ4v) is 4.47. The molecule has 4 rings (SSSR count). The van der Waals surface area contributed by atoms with Crippen LogP contribution in [0.5, 0.6) is 5.75 Å². The van der Waals surface area contributed by atoms with E-state index in [1.165, 1.54) is 11.8 Å². The second kappa shape index (κ2) is 6.27. The number of carbonyl (C=O) groups excluding carboxylic acids is 1. The van der Waals surface area contributed by atoms with Crippen LogP contribution in [0.15, 0.2) is 46.0 Å². The predicted octanol–water partition coefficient (Wildman–Crippen LogP) is 3.25.